The topological polar surface area (TPSA) is 78.5 Å². The summed E-state index contributed by atoms with van der Waals surface area (Å²) in [5.41, 5.74) is 4.64. The predicted molar refractivity (Wildman–Crippen MR) is 97.7 cm³/mol. The fourth-order valence-corrected chi connectivity index (χ4v) is 3.58. The molecule has 2 N–H and O–H groups in total. The Morgan fingerprint density at radius 1 is 0.962 bits per heavy atom. The molecule has 132 valence electrons. The lowest BCUT2D eigenvalue weighted by molar-refractivity contribution is -0.136. The zero-order valence-electron chi connectivity index (χ0n) is 14.2. The van der Waals surface area contributed by atoms with Gasteiger partial charge in [-0.2, -0.15) is 0 Å². The Labute approximate surface area is 151 Å². The second kappa shape index (κ2) is 6.63. The van der Waals surface area contributed by atoms with Crippen LogP contribution in [0.5, 0.6) is 0 Å². The second-order valence-corrected chi connectivity index (χ2v) is 6.56. The molecule has 6 nitrogen and oxygen atoms in total. The summed E-state index contributed by atoms with van der Waals surface area (Å²) in [7, 11) is 0. The monoisotopic (exact) mass is 349 g/mol. The van der Waals surface area contributed by atoms with Gasteiger partial charge < -0.3 is 15.5 Å². The van der Waals surface area contributed by atoms with E-state index in [-0.39, 0.29) is 5.91 Å². The zero-order chi connectivity index (χ0) is 18.1. The van der Waals surface area contributed by atoms with Crippen molar-refractivity contribution in [3.63, 3.8) is 0 Å². The van der Waals surface area contributed by atoms with Gasteiger partial charge in [0.1, 0.15) is 0 Å². The first-order chi connectivity index (χ1) is 12.6. The fraction of sp³-hybridized carbons (Fsp3) is 0.250. The van der Waals surface area contributed by atoms with Crippen LogP contribution in [0.1, 0.15) is 23.1 Å². The quantitative estimate of drug-likeness (QED) is 0.829. The van der Waals surface area contributed by atoms with Gasteiger partial charge >= 0.3 is 11.8 Å². The van der Waals surface area contributed by atoms with Gasteiger partial charge in [0.25, 0.3) is 0 Å². The normalized spacial score (nSPS) is 14.8. The number of benzene rings is 2. The van der Waals surface area contributed by atoms with Crippen LogP contribution in [-0.2, 0) is 33.8 Å². The van der Waals surface area contributed by atoms with Crippen LogP contribution in [-0.4, -0.2) is 24.3 Å². The molecule has 0 unspecified atom stereocenters. The molecule has 2 aliphatic heterocycles. The molecule has 3 amide bonds. The largest absolute Gasteiger partial charge is 0.344 e. The van der Waals surface area contributed by atoms with E-state index in [0.29, 0.717) is 31.6 Å². The molecular formula is C20H19N3O3. The summed E-state index contributed by atoms with van der Waals surface area (Å²) < 4.78 is 0. The first kappa shape index (κ1) is 16.3. The maximum atomic E-state index is 12.2. The van der Waals surface area contributed by atoms with Crippen molar-refractivity contribution in [2.75, 3.05) is 16.8 Å². The first-order valence-electron chi connectivity index (χ1n) is 8.71. The van der Waals surface area contributed by atoms with E-state index in [1.165, 1.54) is 0 Å². The van der Waals surface area contributed by atoms with E-state index >= 15 is 0 Å². The highest BCUT2D eigenvalue weighted by atomic mass is 16.2. The minimum absolute atomic E-state index is 0.160. The number of hydrogen-bond donors (Lipinski definition) is 2. The lowest BCUT2D eigenvalue weighted by Gasteiger charge is -2.25. The van der Waals surface area contributed by atoms with E-state index < -0.39 is 11.8 Å². The lowest BCUT2D eigenvalue weighted by atomic mass is 9.98. The molecule has 2 aromatic rings. The van der Waals surface area contributed by atoms with Crippen molar-refractivity contribution in [1.82, 2.24) is 5.32 Å². The third-order valence-corrected chi connectivity index (χ3v) is 4.81. The first-order valence-corrected chi connectivity index (χ1v) is 8.71. The lowest BCUT2D eigenvalue weighted by Crippen LogP contribution is -2.35. The van der Waals surface area contributed by atoms with Crippen LogP contribution in [0.15, 0.2) is 42.5 Å². The number of rotatable bonds is 3. The van der Waals surface area contributed by atoms with Crippen LogP contribution >= 0.6 is 0 Å². The van der Waals surface area contributed by atoms with E-state index in [0.717, 1.165) is 28.8 Å². The third kappa shape index (κ3) is 3.06. The molecule has 0 fully saturated rings. The number of carbonyl (C=O) groups is 3. The molecule has 0 aromatic heterocycles. The highest BCUT2D eigenvalue weighted by Gasteiger charge is 2.31. The van der Waals surface area contributed by atoms with Gasteiger partial charge in [-0.1, -0.05) is 30.3 Å². The second-order valence-electron chi connectivity index (χ2n) is 6.56. The Balaban J connectivity index is 1.44. The van der Waals surface area contributed by atoms with E-state index in [9.17, 15) is 14.4 Å². The number of amides is 3. The Morgan fingerprint density at radius 3 is 2.46 bits per heavy atom. The molecule has 0 bridgehead atoms. The molecule has 4 rings (SSSR count). The number of anilines is 2. The molecule has 0 spiro atoms. The van der Waals surface area contributed by atoms with Crippen LogP contribution < -0.4 is 15.5 Å². The van der Waals surface area contributed by atoms with Gasteiger partial charge in [0.2, 0.25) is 5.91 Å². The Bertz CT molecular complexity index is 893. The molecule has 0 saturated heterocycles. The van der Waals surface area contributed by atoms with Crippen molar-refractivity contribution in [2.45, 2.75) is 25.8 Å². The van der Waals surface area contributed by atoms with Crippen LogP contribution in [0.4, 0.5) is 11.4 Å². The number of nitrogens with one attached hydrogen (secondary N) is 2. The molecular weight excluding hydrogens is 330 g/mol. The number of nitrogens with zero attached hydrogens (tertiary/aromatic N) is 1. The van der Waals surface area contributed by atoms with Crippen molar-refractivity contribution in [2.24, 2.45) is 0 Å². The average molecular weight is 349 g/mol. The fourth-order valence-electron chi connectivity index (χ4n) is 3.58. The standard InChI is InChI=1S/C20H19N3O3/c24-17-7-6-14-10-16(11-15-8-9-23(17)18(14)15)22-20(26)19(25)21-12-13-4-2-1-3-5-13/h1-5,10-11H,6-9,12H2,(H,21,25)(H,22,26). The van der Waals surface area contributed by atoms with E-state index in [4.69, 9.17) is 0 Å². The highest BCUT2D eigenvalue weighted by molar-refractivity contribution is 6.39. The van der Waals surface area contributed by atoms with Gasteiger partial charge in [-0.3, -0.25) is 14.4 Å². The summed E-state index contributed by atoms with van der Waals surface area (Å²) in [6.45, 7) is 0.996. The van der Waals surface area contributed by atoms with Gasteiger partial charge in [-0.15, -0.1) is 0 Å². The molecule has 2 aliphatic rings. The Hall–Kier alpha value is -3.15. The van der Waals surface area contributed by atoms with Crippen LogP contribution in [0.25, 0.3) is 0 Å². The van der Waals surface area contributed by atoms with Crippen LogP contribution in [0.2, 0.25) is 0 Å². The van der Waals surface area contributed by atoms with Crippen molar-refractivity contribution < 1.29 is 14.4 Å². The SMILES string of the molecule is O=C(NCc1ccccc1)C(=O)Nc1cc2c3c(c1)CCN3C(=O)CC2. The van der Waals surface area contributed by atoms with Gasteiger partial charge in [0.15, 0.2) is 0 Å². The minimum Gasteiger partial charge on any atom is -0.344 e. The molecule has 0 saturated carbocycles. The summed E-state index contributed by atoms with van der Waals surface area (Å²) in [6, 6.07) is 13.2. The molecule has 0 radical (unpaired) electrons. The van der Waals surface area contributed by atoms with Gasteiger partial charge in [-0.25, -0.2) is 0 Å². The maximum absolute atomic E-state index is 12.2. The van der Waals surface area contributed by atoms with Crippen molar-refractivity contribution in [3.05, 3.63) is 59.2 Å². The molecule has 2 heterocycles. The maximum Gasteiger partial charge on any atom is 0.313 e. The van der Waals surface area contributed by atoms with Gasteiger partial charge in [0.05, 0.1) is 5.69 Å². The zero-order valence-corrected chi connectivity index (χ0v) is 14.2. The molecule has 0 atom stereocenters. The average Bonchev–Trinajstić information content (AvgIpc) is 3.09. The van der Waals surface area contributed by atoms with Crippen molar-refractivity contribution >= 4 is 29.1 Å². The van der Waals surface area contributed by atoms with E-state index in [2.05, 4.69) is 10.6 Å². The highest BCUT2D eigenvalue weighted by Crippen LogP contribution is 2.38. The number of aryl methyl sites for hydroxylation is 1. The molecule has 6 heteroatoms. The third-order valence-electron chi connectivity index (χ3n) is 4.81. The predicted octanol–water partition coefficient (Wildman–Crippen LogP) is 1.78. The molecule has 26 heavy (non-hydrogen) atoms. The Morgan fingerprint density at radius 2 is 1.69 bits per heavy atom. The number of hydrogen-bond acceptors (Lipinski definition) is 3. The summed E-state index contributed by atoms with van der Waals surface area (Å²) in [5.74, 6) is -1.19. The smallest absolute Gasteiger partial charge is 0.313 e. The van der Waals surface area contributed by atoms with Crippen LogP contribution in [0, 0.1) is 0 Å². The van der Waals surface area contributed by atoms with Crippen LogP contribution in [0.3, 0.4) is 0 Å². The molecule has 0 aliphatic carbocycles. The van der Waals surface area contributed by atoms with Crippen molar-refractivity contribution in [3.8, 4) is 0 Å². The number of carbonyl (C=O) groups excluding carboxylic acids is 3. The summed E-state index contributed by atoms with van der Waals surface area (Å²) >= 11 is 0. The minimum atomic E-state index is -0.685. The van der Waals surface area contributed by atoms with E-state index in [1.54, 1.807) is 0 Å². The molecule has 2 aromatic carbocycles. The summed E-state index contributed by atoms with van der Waals surface area (Å²) in [5, 5.41) is 5.30. The van der Waals surface area contributed by atoms with Gasteiger partial charge in [-0.05, 0) is 41.7 Å². The summed E-state index contributed by atoms with van der Waals surface area (Å²) in [4.78, 5) is 38.0. The summed E-state index contributed by atoms with van der Waals surface area (Å²) in [6.07, 6.45) is 1.93. The Kier molecular flexibility index (Phi) is 4.16. The van der Waals surface area contributed by atoms with Crippen molar-refractivity contribution in [1.29, 1.82) is 0 Å². The van der Waals surface area contributed by atoms with E-state index in [1.807, 2.05) is 47.4 Å². The van der Waals surface area contributed by atoms with Gasteiger partial charge in [0, 0.05) is 25.2 Å².